The maximum atomic E-state index is 12.5. The predicted octanol–water partition coefficient (Wildman–Crippen LogP) is 3.94. The summed E-state index contributed by atoms with van der Waals surface area (Å²) in [4.78, 5) is 19.1. The van der Waals surface area contributed by atoms with Crippen LogP contribution in [0.1, 0.15) is 40.9 Å². The van der Waals surface area contributed by atoms with Crippen molar-refractivity contribution in [1.82, 2.24) is 4.98 Å². The van der Waals surface area contributed by atoms with Gasteiger partial charge in [-0.1, -0.05) is 12.1 Å². The first-order valence-corrected chi connectivity index (χ1v) is 8.24. The topological polar surface area (TPSA) is 45.2 Å². The van der Waals surface area contributed by atoms with Crippen LogP contribution in [-0.4, -0.2) is 24.0 Å². The number of hydrogen-bond acceptors (Lipinski definition) is 3. The third-order valence-corrected chi connectivity index (χ3v) is 4.55. The summed E-state index contributed by atoms with van der Waals surface area (Å²) in [6.07, 6.45) is 5.45. The summed E-state index contributed by atoms with van der Waals surface area (Å²) >= 11 is 0. The van der Waals surface area contributed by atoms with E-state index in [9.17, 15) is 4.79 Å². The SMILES string of the molecule is Cc1cccc(NC(=O)c2cc(N3CCCCC3)ccn2)c1C. The van der Waals surface area contributed by atoms with Gasteiger partial charge in [-0.3, -0.25) is 9.78 Å². The first kappa shape index (κ1) is 15.5. The van der Waals surface area contributed by atoms with E-state index in [2.05, 4.69) is 15.2 Å². The highest BCUT2D eigenvalue weighted by atomic mass is 16.1. The zero-order chi connectivity index (χ0) is 16.2. The van der Waals surface area contributed by atoms with Gasteiger partial charge in [-0.2, -0.15) is 0 Å². The van der Waals surface area contributed by atoms with Crippen molar-refractivity contribution in [2.24, 2.45) is 0 Å². The van der Waals surface area contributed by atoms with E-state index in [1.165, 1.54) is 19.3 Å². The molecule has 0 radical (unpaired) electrons. The molecule has 2 heterocycles. The number of piperidine rings is 1. The molecule has 0 atom stereocenters. The molecular formula is C19H23N3O. The average Bonchev–Trinajstić information content (AvgIpc) is 2.60. The number of nitrogens with zero attached hydrogens (tertiary/aromatic N) is 2. The van der Waals surface area contributed by atoms with E-state index in [0.29, 0.717) is 5.69 Å². The van der Waals surface area contributed by atoms with Gasteiger partial charge in [0, 0.05) is 30.7 Å². The minimum atomic E-state index is -0.155. The first-order chi connectivity index (χ1) is 11.1. The molecule has 120 valence electrons. The quantitative estimate of drug-likeness (QED) is 0.934. The number of amides is 1. The van der Waals surface area contributed by atoms with Crippen LogP contribution in [-0.2, 0) is 0 Å². The third kappa shape index (κ3) is 3.52. The minimum absolute atomic E-state index is 0.155. The molecule has 1 aromatic carbocycles. The number of carbonyl (C=O) groups is 1. The molecule has 0 saturated carbocycles. The van der Waals surface area contributed by atoms with E-state index in [1.54, 1.807) is 6.20 Å². The fourth-order valence-corrected chi connectivity index (χ4v) is 2.97. The fourth-order valence-electron chi connectivity index (χ4n) is 2.97. The zero-order valence-corrected chi connectivity index (χ0v) is 13.8. The van der Waals surface area contributed by atoms with E-state index < -0.39 is 0 Å². The number of pyridine rings is 1. The van der Waals surface area contributed by atoms with Crippen molar-refractivity contribution in [3.63, 3.8) is 0 Å². The number of aryl methyl sites for hydroxylation is 1. The zero-order valence-electron chi connectivity index (χ0n) is 13.8. The van der Waals surface area contributed by atoms with Crippen molar-refractivity contribution in [2.75, 3.05) is 23.3 Å². The maximum Gasteiger partial charge on any atom is 0.274 e. The molecule has 0 aliphatic carbocycles. The van der Waals surface area contributed by atoms with E-state index >= 15 is 0 Å². The molecule has 4 heteroatoms. The summed E-state index contributed by atoms with van der Waals surface area (Å²) in [6.45, 7) is 6.17. The van der Waals surface area contributed by atoms with Gasteiger partial charge in [0.2, 0.25) is 0 Å². The van der Waals surface area contributed by atoms with Crippen molar-refractivity contribution in [3.05, 3.63) is 53.3 Å². The van der Waals surface area contributed by atoms with Crippen LogP contribution < -0.4 is 10.2 Å². The van der Waals surface area contributed by atoms with Gasteiger partial charge in [-0.25, -0.2) is 0 Å². The van der Waals surface area contributed by atoms with E-state index in [-0.39, 0.29) is 5.91 Å². The van der Waals surface area contributed by atoms with Gasteiger partial charge in [0.05, 0.1) is 0 Å². The highest BCUT2D eigenvalue weighted by molar-refractivity contribution is 6.03. The lowest BCUT2D eigenvalue weighted by Crippen LogP contribution is -2.29. The Bertz CT molecular complexity index is 706. The standard InChI is InChI=1S/C19H23N3O/c1-14-7-6-8-17(15(14)2)21-19(23)18-13-16(9-10-20-18)22-11-4-3-5-12-22/h6-10,13H,3-5,11-12H2,1-2H3,(H,21,23). The Hall–Kier alpha value is -2.36. The Balaban J connectivity index is 1.78. The lowest BCUT2D eigenvalue weighted by atomic mass is 10.1. The Morgan fingerprint density at radius 2 is 1.91 bits per heavy atom. The van der Waals surface area contributed by atoms with Gasteiger partial charge in [-0.05, 0) is 62.4 Å². The van der Waals surface area contributed by atoms with Gasteiger partial charge in [-0.15, -0.1) is 0 Å². The highest BCUT2D eigenvalue weighted by Gasteiger charge is 2.15. The largest absolute Gasteiger partial charge is 0.371 e. The summed E-state index contributed by atoms with van der Waals surface area (Å²) in [5.74, 6) is -0.155. The van der Waals surface area contributed by atoms with Gasteiger partial charge in [0.1, 0.15) is 5.69 Å². The van der Waals surface area contributed by atoms with Crippen molar-refractivity contribution in [2.45, 2.75) is 33.1 Å². The van der Waals surface area contributed by atoms with Crippen LogP contribution in [0.3, 0.4) is 0 Å². The molecule has 0 spiro atoms. The molecule has 1 aliphatic rings. The molecule has 4 nitrogen and oxygen atoms in total. The third-order valence-electron chi connectivity index (χ3n) is 4.55. The average molecular weight is 309 g/mol. The fraction of sp³-hybridized carbons (Fsp3) is 0.368. The lowest BCUT2D eigenvalue weighted by molar-refractivity contribution is 0.102. The highest BCUT2D eigenvalue weighted by Crippen LogP contribution is 2.22. The van der Waals surface area contributed by atoms with E-state index in [4.69, 9.17) is 0 Å². The van der Waals surface area contributed by atoms with Crippen LogP contribution in [0.4, 0.5) is 11.4 Å². The molecule has 0 bridgehead atoms. The summed E-state index contributed by atoms with van der Waals surface area (Å²) in [5.41, 5.74) is 4.66. The molecule has 3 rings (SSSR count). The molecule has 0 unspecified atom stereocenters. The monoisotopic (exact) mass is 309 g/mol. The molecule has 1 amide bonds. The predicted molar refractivity (Wildman–Crippen MR) is 94.2 cm³/mol. The number of hydrogen-bond donors (Lipinski definition) is 1. The Kier molecular flexibility index (Phi) is 4.60. The van der Waals surface area contributed by atoms with Crippen molar-refractivity contribution in [3.8, 4) is 0 Å². The summed E-state index contributed by atoms with van der Waals surface area (Å²) in [7, 11) is 0. The van der Waals surface area contributed by atoms with Crippen LogP contribution in [0, 0.1) is 13.8 Å². The molecule has 23 heavy (non-hydrogen) atoms. The van der Waals surface area contributed by atoms with Crippen LogP contribution in [0.2, 0.25) is 0 Å². The lowest BCUT2D eigenvalue weighted by Gasteiger charge is -2.28. The van der Waals surface area contributed by atoms with Crippen LogP contribution in [0.25, 0.3) is 0 Å². The second-order valence-electron chi connectivity index (χ2n) is 6.15. The van der Waals surface area contributed by atoms with Gasteiger partial charge < -0.3 is 10.2 Å². The number of carbonyl (C=O) groups excluding carboxylic acids is 1. The molecule has 1 fully saturated rings. The number of nitrogens with one attached hydrogen (secondary N) is 1. The normalized spacial score (nSPS) is 14.6. The molecule has 2 aromatic rings. The molecule has 1 N–H and O–H groups in total. The minimum Gasteiger partial charge on any atom is -0.371 e. The van der Waals surface area contributed by atoms with E-state index in [1.807, 2.05) is 44.2 Å². The van der Waals surface area contributed by atoms with Gasteiger partial charge >= 0.3 is 0 Å². The number of anilines is 2. The smallest absolute Gasteiger partial charge is 0.274 e. The van der Waals surface area contributed by atoms with Crippen molar-refractivity contribution in [1.29, 1.82) is 0 Å². The second kappa shape index (κ2) is 6.82. The number of rotatable bonds is 3. The summed E-state index contributed by atoms with van der Waals surface area (Å²) in [5, 5.41) is 2.98. The van der Waals surface area contributed by atoms with Crippen LogP contribution >= 0.6 is 0 Å². The Labute approximate surface area is 137 Å². The second-order valence-corrected chi connectivity index (χ2v) is 6.15. The Morgan fingerprint density at radius 3 is 2.70 bits per heavy atom. The molecule has 1 aliphatic heterocycles. The molecule has 1 saturated heterocycles. The number of benzene rings is 1. The molecular weight excluding hydrogens is 286 g/mol. The van der Waals surface area contributed by atoms with Gasteiger partial charge in [0.25, 0.3) is 5.91 Å². The van der Waals surface area contributed by atoms with Crippen LogP contribution in [0.5, 0.6) is 0 Å². The van der Waals surface area contributed by atoms with Gasteiger partial charge in [0.15, 0.2) is 0 Å². The van der Waals surface area contributed by atoms with Crippen molar-refractivity contribution < 1.29 is 4.79 Å². The van der Waals surface area contributed by atoms with Crippen molar-refractivity contribution >= 4 is 17.3 Å². The molecule has 1 aromatic heterocycles. The van der Waals surface area contributed by atoms with Crippen LogP contribution in [0.15, 0.2) is 36.5 Å². The maximum absolute atomic E-state index is 12.5. The Morgan fingerprint density at radius 1 is 1.13 bits per heavy atom. The van der Waals surface area contributed by atoms with E-state index in [0.717, 1.165) is 35.6 Å². The first-order valence-electron chi connectivity index (χ1n) is 8.24. The number of aromatic nitrogens is 1. The summed E-state index contributed by atoms with van der Waals surface area (Å²) < 4.78 is 0. The summed E-state index contributed by atoms with van der Waals surface area (Å²) in [6, 6.07) is 9.80.